The zero-order valence-corrected chi connectivity index (χ0v) is 8.33. The van der Waals surface area contributed by atoms with Crippen LogP contribution in [-0.4, -0.2) is 44.5 Å². The Balaban J connectivity index is 0. The van der Waals surface area contributed by atoms with Crippen LogP contribution in [0.1, 0.15) is 0 Å². The maximum absolute atomic E-state index is 9.90. The molecule has 2 N–H and O–H groups in total. The average molecular weight is 182 g/mol. The van der Waals surface area contributed by atoms with Gasteiger partial charge in [-0.1, -0.05) is 0 Å². The summed E-state index contributed by atoms with van der Waals surface area (Å²) >= 11 is 0. The van der Waals surface area contributed by atoms with E-state index in [9.17, 15) is 4.79 Å². The molecule has 0 unspecified atom stereocenters. The summed E-state index contributed by atoms with van der Waals surface area (Å²) in [4.78, 5) is 9.90. The first kappa shape index (κ1) is 13.9. The van der Waals surface area contributed by atoms with Crippen molar-refractivity contribution in [2.45, 2.75) is 0 Å². The molecule has 0 aromatic heterocycles. The molecule has 5 heteroatoms. The Morgan fingerprint density at radius 2 is 1.69 bits per heavy atom. The molecule has 72 valence electrons. The number of rotatable bonds is 1. The molecule has 0 aliphatic rings. The van der Waals surface area contributed by atoms with Gasteiger partial charge < -0.3 is 15.6 Å². The summed E-state index contributed by atoms with van der Waals surface area (Å²) in [5.41, 5.74) is 3.97. The fourth-order valence-corrected chi connectivity index (χ4v) is 0.135. The SMILES string of the molecule is C[N+](C)(C)C.N#CC(=C=[N-])C(N)=O. The Hall–Kier alpha value is -1.63. The van der Waals surface area contributed by atoms with E-state index in [-0.39, 0.29) is 0 Å². The third kappa shape index (κ3) is 17.9. The molecule has 13 heavy (non-hydrogen) atoms. The fourth-order valence-electron chi connectivity index (χ4n) is 0.135. The summed E-state index contributed by atoms with van der Waals surface area (Å²) in [6.07, 6.45) is 0. The van der Waals surface area contributed by atoms with Gasteiger partial charge in [-0.3, -0.25) is 4.79 Å². The smallest absolute Gasteiger partial charge is 0.265 e. The lowest BCUT2D eigenvalue weighted by molar-refractivity contribution is -0.849. The largest absolute Gasteiger partial charge is 0.762 e. The molecule has 0 aromatic carbocycles. The van der Waals surface area contributed by atoms with Crippen molar-refractivity contribution in [1.29, 1.82) is 5.26 Å². The summed E-state index contributed by atoms with van der Waals surface area (Å²) in [5.74, 6) is 0.355. The molecule has 1 amide bonds. The Morgan fingerprint density at radius 1 is 1.38 bits per heavy atom. The van der Waals surface area contributed by atoms with Crippen LogP contribution in [0.25, 0.3) is 5.41 Å². The van der Waals surface area contributed by atoms with Gasteiger partial charge in [0.1, 0.15) is 11.6 Å². The quantitative estimate of drug-likeness (QED) is 0.256. The van der Waals surface area contributed by atoms with Crippen molar-refractivity contribution >= 4 is 11.8 Å². The Bertz CT molecular complexity index is 257. The number of primary amides is 1. The number of hydrogen-bond acceptors (Lipinski definition) is 2. The lowest BCUT2D eigenvalue weighted by atomic mass is 10.3. The maximum atomic E-state index is 9.90. The van der Waals surface area contributed by atoms with Gasteiger partial charge in [0.05, 0.1) is 28.2 Å². The maximum Gasteiger partial charge on any atom is 0.265 e. The Morgan fingerprint density at radius 3 is 1.69 bits per heavy atom. The summed E-state index contributed by atoms with van der Waals surface area (Å²) < 4.78 is 1.00. The minimum absolute atomic E-state index is 0.565. The monoisotopic (exact) mass is 182 g/mol. The molecule has 0 heterocycles. The lowest BCUT2D eigenvalue weighted by Crippen LogP contribution is -2.27. The van der Waals surface area contributed by atoms with Gasteiger partial charge >= 0.3 is 0 Å². The number of nitrogens with two attached hydrogens (primary N) is 1. The van der Waals surface area contributed by atoms with Crippen molar-refractivity contribution in [2.24, 2.45) is 5.73 Å². The summed E-state index contributed by atoms with van der Waals surface area (Å²) in [5, 5.41) is 15.8. The zero-order valence-electron chi connectivity index (χ0n) is 8.33. The molecular weight excluding hydrogens is 168 g/mol. The Labute approximate surface area is 78.2 Å². The molecule has 0 aromatic rings. The van der Waals surface area contributed by atoms with Crippen LogP contribution in [0.5, 0.6) is 0 Å². The third-order valence-corrected chi connectivity index (χ3v) is 0.470. The van der Waals surface area contributed by atoms with E-state index in [2.05, 4.69) is 33.9 Å². The highest BCUT2D eigenvalue weighted by atomic mass is 16.1. The molecule has 5 nitrogen and oxygen atoms in total. The number of carbonyl (C=O) groups excluding carboxylic acids is 1. The predicted octanol–water partition coefficient (Wildman–Crippen LogP) is -0.517. The van der Waals surface area contributed by atoms with Gasteiger partial charge in [0.15, 0.2) is 0 Å². The van der Waals surface area contributed by atoms with Gasteiger partial charge in [-0.05, 0) is 0 Å². The number of amides is 1. The minimum atomic E-state index is -0.977. The van der Waals surface area contributed by atoms with E-state index in [0.717, 1.165) is 4.48 Å². The van der Waals surface area contributed by atoms with Crippen LogP contribution in [-0.2, 0) is 4.79 Å². The van der Waals surface area contributed by atoms with E-state index in [0.29, 0.717) is 0 Å². The van der Waals surface area contributed by atoms with Crippen LogP contribution in [0, 0.1) is 11.3 Å². The summed E-state index contributed by atoms with van der Waals surface area (Å²) in [6, 6.07) is 1.33. The molecule has 0 aliphatic carbocycles. The molecule has 0 aliphatic heterocycles. The highest BCUT2D eigenvalue weighted by molar-refractivity contribution is 6.04. The first-order chi connectivity index (χ1) is 5.72. The zero-order chi connectivity index (χ0) is 11.1. The normalized spacial score (nSPS) is 8.54. The van der Waals surface area contributed by atoms with Crippen LogP contribution < -0.4 is 5.73 Å². The molecule has 0 saturated carbocycles. The fraction of sp³-hybridized carbons (Fsp3) is 0.500. The molecule has 0 bridgehead atoms. The topological polar surface area (TPSA) is 89.2 Å². The van der Waals surface area contributed by atoms with Crippen molar-refractivity contribution in [1.82, 2.24) is 0 Å². The van der Waals surface area contributed by atoms with Crippen molar-refractivity contribution in [2.75, 3.05) is 28.2 Å². The minimum Gasteiger partial charge on any atom is -0.762 e. The van der Waals surface area contributed by atoms with Crippen molar-refractivity contribution in [3.05, 3.63) is 11.0 Å². The number of hydrogen-bond donors (Lipinski definition) is 1. The van der Waals surface area contributed by atoms with Crippen molar-refractivity contribution in [3.63, 3.8) is 0 Å². The molecule has 0 spiro atoms. The van der Waals surface area contributed by atoms with Crippen molar-refractivity contribution < 1.29 is 9.28 Å². The highest BCUT2D eigenvalue weighted by Gasteiger charge is 1.95. The van der Waals surface area contributed by atoms with Gasteiger partial charge in [-0.25, -0.2) is 5.87 Å². The molecule has 0 rings (SSSR count). The highest BCUT2D eigenvalue weighted by Crippen LogP contribution is 1.78. The summed E-state index contributed by atoms with van der Waals surface area (Å²) in [7, 11) is 8.50. The van der Waals surface area contributed by atoms with E-state index in [1.54, 1.807) is 0 Å². The number of carbonyl (C=O) groups is 1. The standard InChI is InChI=1S/C4H2N3O.C4H12N/c5-1-3(2-6)4(7)8;1-5(2,3)4/h(H2,7,8);1-4H3/q-1;+1. The van der Waals surface area contributed by atoms with Crippen LogP contribution in [0.15, 0.2) is 5.57 Å². The second-order valence-corrected chi connectivity index (χ2v) is 3.65. The van der Waals surface area contributed by atoms with Crippen LogP contribution in [0.2, 0.25) is 0 Å². The van der Waals surface area contributed by atoms with E-state index in [4.69, 9.17) is 10.7 Å². The van der Waals surface area contributed by atoms with Gasteiger partial charge in [0, 0.05) is 0 Å². The lowest BCUT2D eigenvalue weighted by Gasteiger charge is -2.14. The second-order valence-electron chi connectivity index (χ2n) is 3.65. The van der Waals surface area contributed by atoms with Gasteiger partial charge in [0.2, 0.25) is 0 Å². The second kappa shape index (κ2) is 5.95. The molecule has 0 atom stereocenters. The Kier molecular flexibility index (Phi) is 6.37. The van der Waals surface area contributed by atoms with E-state index in [1.165, 1.54) is 11.9 Å². The molecule has 0 saturated heterocycles. The third-order valence-electron chi connectivity index (χ3n) is 0.470. The average Bonchev–Trinajstić information content (AvgIpc) is 1.85. The number of nitriles is 1. The van der Waals surface area contributed by atoms with E-state index >= 15 is 0 Å². The van der Waals surface area contributed by atoms with Crippen LogP contribution in [0.4, 0.5) is 0 Å². The van der Waals surface area contributed by atoms with Gasteiger partial charge in [-0.2, -0.15) is 5.26 Å². The van der Waals surface area contributed by atoms with Gasteiger partial charge in [-0.15, -0.1) is 0 Å². The first-order valence-electron chi connectivity index (χ1n) is 3.48. The molecule has 0 fully saturated rings. The van der Waals surface area contributed by atoms with Crippen molar-refractivity contribution in [3.8, 4) is 6.07 Å². The van der Waals surface area contributed by atoms with Crippen LogP contribution in [0.3, 0.4) is 0 Å². The van der Waals surface area contributed by atoms with Crippen LogP contribution >= 0.6 is 0 Å². The number of quaternary nitrogens is 1. The molecule has 0 radical (unpaired) electrons. The first-order valence-corrected chi connectivity index (χ1v) is 3.48. The predicted molar refractivity (Wildman–Crippen MR) is 50.6 cm³/mol. The number of nitrogens with zero attached hydrogens (tertiary/aromatic N) is 3. The molecular formula is C8H14N4O. The van der Waals surface area contributed by atoms with Gasteiger partial charge in [0.25, 0.3) is 5.91 Å². The van der Waals surface area contributed by atoms with E-state index < -0.39 is 11.5 Å². The summed E-state index contributed by atoms with van der Waals surface area (Å²) in [6.45, 7) is 0. The van der Waals surface area contributed by atoms with E-state index in [1.807, 2.05) is 0 Å².